The molecule has 0 saturated heterocycles. The lowest BCUT2D eigenvalue weighted by Crippen LogP contribution is -2.64. The second-order valence-electron chi connectivity index (χ2n) is 13.9. The molecule has 0 amide bonds. The van der Waals surface area contributed by atoms with Crippen LogP contribution in [0.3, 0.4) is 0 Å². The maximum Gasteiger partial charge on any atom is 0.306 e. The number of hydrogen-bond donors (Lipinski definition) is 2. The summed E-state index contributed by atoms with van der Waals surface area (Å²) in [4.78, 5) is 12.1. The fraction of sp³-hybridized carbons (Fsp3) is 0.897. The van der Waals surface area contributed by atoms with Crippen LogP contribution in [0.1, 0.15) is 99.3 Å². The molecular formula is C29H46O3. The lowest BCUT2D eigenvalue weighted by molar-refractivity contribution is -0.201. The minimum absolute atomic E-state index is 0.0104. The number of hydrogen-bond acceptors (Lipinski definition) is 2. The minimum atomic E-state index is -0.563. The van der Waals surface area contributed by atoms with Gasteiger partial charge in [-0.2, -0.15) is 0 Å². The molecule has 4 fully saturated rings. The van der Waals surface area contributed by atoms with Gasteiger partial charge < -0.3 is 10.2 Å². The SMILES string of the molecule is C[C@@H]1CC[C@H](C(=O)O)[C@H]2CC[C@]3(C)C(=CC[C@@H]4[C@@]5(C)CC[C@H](O)C(C)(C)[C@@H]5CC[C@]43C)[C@H]21. The van der Waals surface area contributed by atoms with E-state index in [2.05, 4.69) is 47.6 Å². The van der Waals surface area contributed by atoms with Crippen molar-refractivity contribution in [2.45, 2.75) is 105 Å². The number of aliphatic carboxylic acids is 1. The van der Waals surface area contributed by atoms with Gasteiger partial charge in [-0.05, 0) is 109 Å². The molecule has 32 heavy (non-hydrogen) atoms. The number of aliphatic hydroxyl groups is 1. The Labute approximate surface area is 195 Å². The zero-order chi connectivity index (χ0) is 23.3. The van der Waals surface area contributed by atoms with E-state index in [1.165, 1.54) is 12.8 Å². The van der Waals surface area contributed by atoms with E-state index in [9.17, 15) is 15.0 Å². The van der Waals surface area contributed by atoms with Crippen molar-refractivity contribution in [1.29, 1.82) is 0 Å². The highest BCUT2D eigenvalue weighted by Crippen LogP contribution is 2.74. The lowest BCUT2D eigenvalue weighted by Gasteiger charge is -2.70. The van der Waals surface area contributed by atoms with Gasteiger partial charge in [0.2, 0.25) is 0 Å². The van der Waals surface area contributed by atoms with E-state index >= 15 is 0 Å². The number of carboxylic acids is 1. The van der Waals surface area contributed by atoms with Crippen LogP contribution in [-0.4, -0.2) is 22.3 Å². The molecule has 5 aliphatic rings. The number of carbonyl (C=O) groups is 1. The molecule has 10 atom stereocenters. The molecule has 4 saturated carbocycles. The summed E-state index contributed by atoms with van der Waals surface area (Å²) in [5.74, 6) is 1.89. The Hall–Kier alpha value is -0.830. The van der Waals surface area contributed by atoms with E-state index in [1.54, 1.807) is 5.57 Å². The van der Waals surface area contributed by atoms with Crippen LogP contribution in [-0.2, 0) is 4.79 Å². The monoisotopic (exact) mass is 442 g/mol. The van der Waals surface area contributed by atoms with Crippen molar-refractivity contribution < 1.29 is 15.0 Å². The Morgan fingerprint density at radius 3 is 2.34 bits per heavy atom. The van der Waals surface area contributed by atoms with Crippen LogP contribution in [0, 0.1) is 57.2 Å². The molecular weight excluding hydrogens is 396 g/mol. The molecule has 0 radical (unpaired) electrons. The van der Waals surface area contributed by atoms with E-state index in [0.29, 0.717) is 29.6 Å². The van der Waals surface area contributed by atoms with Gasteiger partial charge >= 0.3 is 5.97 Å². The largest absolute Gasteiger partial charge is 0.481 e. The van der Waals surface area contributed by atoms with Crippen LogP contribution in [0.4, 0.5) is 0 Å². The maximum absolute atomic E-state index is 12.1. The number of fused-ring (bicyclic) bond motifs is 7. The summed E-state index contributed by atoms with van der Waals surface area (Å²) in [6, 6.07) is 0. The zero-order valence-electron chi connectivity index (χ0n) is 21.3. The Balaban J connectivity index is 1.56. The van der Waals surface area contributed by atoms with E-state index in [1.807, 2.05) is 0 Å². The first-order valence-electron chi connectivity index (χ1n) is 13.5. The summed E-state index contributed by atoms with van der Waals surface area (Å²) >= 11 is 0. The average molecular weight is 443 g/mol. The van der Waals surface area contributed by atoms with Gasteiger partial charge in [0.1, 0.15) is 0 Å². The number of carboxylic acid groups (broad SMARTS) is 1. The molecule has 0 aromatic heterocycles. The van der Waals surface area contributed by atoms with Gasteiger partial charge in [0.25, 0.3) is 0 Å². The summed E-state index contributed by atoms with van der Waals surface area (Å²) < 4.78 is 0. The molecule has 0 aliphatic heterocycles. The average Bonchev–Trinajstić information content (AvgIpc) is 2.71. The molecule has 5 aliphatic carbocycles. The van der Waals surface area contributed by atoms with Gasteiger partial charge in [0, 0.05) is 0 Å². The predicted molar refractivity (Wildman–Crippen MR) is 128 cm³/mol. The summed E-state index contributed by atoms with van der Waals surface area (Å²) in [5, 5.41) is 20.8. The van der Waals surface area contributed by atoms with Crippen molar-refractivity contribution in [3.8, 4) is 0 Å². The summed E-state index contributed by atoms with van der Waals surface area (Å²) in [6.45, 7) is 14.7. The molecule has 5 rings (SSSR count). The van der Waals surface area contributed by atoms with E-state index in [4.69, 9.17) is 0 Å². The maximum atomic E-state index is 12.1. The van der Waals surface area contributed by atoms with Crippen molar-refractivity contribution >= 4 is 5.97 Å². The third kappa shape index (κ3) is 2.72. The number of aliphatic hydroxyl groups excluding tert-OH is 1. The van der Waals surface area contributed by atoms with Crippen LogP contribution in [0.25, 0.3) is 0 Å². The van der Waals surface area contributed by atoms with E-state index < -0.39 is 5.97 Å². The Morgan fingerprint density at radius 2 is 1.66 bits per heavy atom. The second kappa shape index (κ2) is 7.09. The standard InChI is InChI=1S/C29H46O3/c1-17-7-8-19(25(31)32)18-11-15-28(5)20(24(17)18)9-10-22-27(4)14-13-23(30)26(2,3)21(27)12-16-29(22,28)6/h9,17-19,21-24,30H,7-8,10-16H2,1-6H3,(H,31,32)/t17-,18-,19+,21+,22-,23+,24+,27+,28-,29-/m1/s1. The molecule has 0 aromatic carbocycles. The highest BCUT2D eigenvalue weighted by atomic mass is 16.4. The Kier molecular flexibility index (Phi) is 5.08. The quantitative estimate of drug-likeness (QED) is 0.444. The minimum Gasteiger partial charge on any atom is -0.481 e. The van der Waals surface area contributed by atoms with Gasteiger partial charge in [-0.1, -0.05) is 53.2 Å². The van der Waals surface area contributed by atoms with Gasteiger partial charge in [-0.15, -0.1) is 0 Å². The van der Waals surface area contributed by atoms with Gasteiger partial charge in [0.05, 0.1) is 12.0 Å². The number of allylic oxidation sites excluding steroid dienone is 2. The van der Waals surface area contributed by atoms with E-state index in [0.717, 1.165) is 44.9 Å². The summed E-state index contributed by atoms with van der Waals surface area (Å²) in [5.41, 5.74) is 2.35. The third-order valence-electron chi connectivity index (χ3n) is 12.7. The number of rotatable bonds is 1. The molecule has 3 heteroatoms. The molecule has 180 valence electrons. The molecule has 0 bridgehead atoms. The first-order chi connectivity index (χ1) is 14.9. The van der Waals surface area contributed by atoms with E-state index in [-0.39, 0.29) is 33.7 Å². The first kappa shape index (κ1) is 22.9. The Bertz CT molecular complexity index is 828. The molecule has 0 heterocycles. The summed E-state index contributed by atoms with van der Waals surface area (Å²) in [6.07, 6.45) is 12.3. The van der Waals surface area contributed by atoms with Crippen molar-refractivity contribution in [3.63, 3.8) is 0 Å². The topological polar surface area (TPSA) is 57.5 Å². The molecule has 0 spiro atoms. The van der Waals surface area contributed by atoms with Crippen molar-refractivity contribution in [3.05, 3.63) is 11.6 Å². The van der Waals surface area contributed by atoms with Crippen LogP contribution < -0.4 is 0 Å². The fourth-order valence-electron chi connectivity index (χ4n) is 10.7. The van der Waals surface area contributed by atoms with Gasteiger partial charge in [-0.25, -0.2) is 0 Å². The highest BCUT2D eigenvalue weighted by Gasteiger charge is 2.67. The third-order valence-corrected chi connectivity index (χ3v) is 12.7. The van der Waals surface area contributed by atoms with Crippen LogP contribution in [0.15, 0.2) is 11.6 Å². The smallest absolute Gasteiger partial charge is 0.306 e. The molecule has 3 nitrogen and oxygen atoms in total. The molecule has 0 aromatic rings. The van der Waals surface area contributed by atoms with Crippen molar-refractivity contribution in [2.24, 2.45) is 57.2 Å². The highest BCUT2D eigenvalue weighted by molar-refractivity contribution is 5.70. The van der Waals surface area contributed by atoms with Gasteiger partial charge in [0.15, 0.2) is 0 Å². The van der Waals surface area contributed by atoms with Crippen LogP contribution >= 0.6 is 0 Å². The van der Waals surface area contributed by atoms with Crippen LogP contribution in [0.2, 0.25) is 0 Å². The van der Waals surface area contributed by atoms with Crippen molar-refractivity contribution in [1.82, 2.24) is 0 Å². The predicted octanol–water partition coefficient (Wildman–Crippen LogP) is 6.70. The molecule has 0 unspecified atom stereocenters. The lowest BCUT2D eigenvalue weighted by atomic mass is 9.34. The summed E-state index contributed by atoms with van der Waals surface area (Å²) in [7, 11) is 0. The van der Waals surface area contributed by atoms with Gasteiger partial charge in [-0.3, -0.25) is 4.79 Å². The fourth-order valence-corrected chi connectivity index (χ4v) is 10.7. The second-order valence-corrected chi connectivity index (χ2v) is 13.9. The first-order valence-corrected chi connectivity index (χ1v) is 13.5. The Morgan fingerprint density at radius 1 is 0.938 bits per heavy atom. The molecule has 2 N–H and O–H groups in total. The normalized spacial score (nSPS) is 54.3. The van der Waals surface area contributed by atoms with Crippen LogP contribution in [0.5, 0.6) is 0 Å². The zero-order valence-corrected chi connectivity index (χ0v) is 21.3. The van der Waals surface area contributed by atoms with Crippen molar-refractivity contribution in [2.75, 3.05) is 0 Å².